The van der Waals surface area contributed by atoms with E-state index in [2.05, 4.69) is 15.9 Å². The molecule has 0 amide bonds. The molecule has 0 fully saturated rings. The predicted molar refractivity (Wildman–Crippen MR) is 85.7 cm³/mol. The van der Waals surface area contributed by atoms with Crippen molar-refractivity contribution in [2.75, 3.05) is 24.7 Å². The SMILES string of the molecule is CCOc1cc(CO)cc(Br)c1OCCCS(=O)(=O)CC. The monoisotopic (exact) mass is 380 g/mol. The van der Waals surface area contributed by atoms with Crippen LogP contribution in [0.1, 0.15) is 25.8 Å². The number of hydrogen-bond donors (Lipinski definition) is 1. The summed E-state index contributed by atoms with van der Waals surface area (Å²) in [5.41, 5.74) is 0.714. The summed E-state index contributed by atoms with van der Waals surface area (Å²) in [5.74, 6) is 1.32. The standard InChI is InChI=1S/C14H21BrO5S/c1-3-19-13-9-11(10-16)8-12(15)14(13)20-6-5-7-21(17,18)4-2/h8-9,16H,3-7,10H2,1-2H3. The summed E-state index contributed by atoms with van der Waals surface area (Å²) in [6.45, 7) is 4.16. The van der Waals surface area contributed by atoms with E-state index in [0.717, 1.165) is 0 Å². The van der Waals surface area contributed by atoms with Crippen LogP contribution >= 0.6 is 15.9 Å². The van der Waals surface area contributed by atoms with E-state index in [1.165, 1.54) is 0 Å². The number of sulfone groups is 1. The molecule has 0 aliphatic rings. The van der Waals surface area contributed by atoms with E-state index in [0.29, 0.717) is 34.6 Å². The Hall–Kier alpha value is -0.790. The summed E-state index contributed by atoms with van der Waals surface area (Å²) in [5, 5.41) is 9.19. The van der Waals surface area contributed by atoms with Gasteiger partial charge >= 0.3 is 0 Å². The molecule has 0 unspecified atom stereocenters. The molecular weight excluding hydrogens is 360 g/mol. The number of hydrogen-bond acceptors (Lipinski definition) is 5. The van der Waals surface area contributed by atoms with Gasteiger partial charge in [-0.05, 0) is 47.0 Å². The van der Waals surface area contributed by atoms with Crippen molar-refractivity contribution in [2.24, 2.45) is 0 Å². The normalized spacial score (nSPS) is 11.4. The van der Waals surface area contributed by atoms with Crippen LogP contribution in [0.2, 0.25) is 0 Å². The number of aliphatic hydroxyl groups is 1. The van der Waals surface area contributed by atoms with Crippen LogP contribution in [0.15, 0.2) is 16.6 Å². The molecule has 0 saturated carbocycles. The molecule has 1 aromatic rings. The molecule has 1 rings (SSSR count). The molecule has 7 heteroatoms. The maximum absolute atomic E-state index is 11.4. The number of halogens is 1. The van der Waals surface area contributed by atoms with E-state index >= 15 is 0 Å². The average molecular weight is 381 g/mol. The Balaban J connectivity index is 2.73. The van der Waals surface area contributed by atoms with Gasteiger partial charge < -0.3 is 14.6 Å². The molecule has 0 aromatic heterocycles. The van der Waals surface area contributed by atoms with Crippen molar-refractivity contribution < 1.29 is 23.0 Å². The van der Waals surface area contributed by atoms with Gasteiger partial charge in [-0.3, -0.25) is 0 Å². The Kier molecular flexibility index (Phi) is 7.48. The van der Waals surface area contributed by atoms with Crippen molar-refractivity contribution in [3.63, 3.8) is 0 Å². The molecule has 1 N–H and O–H groups in total. The van der Waals surface area contributed by atoms with Gasteiger partial charge in [-0.15, -0.1) is 0 Å². The molecule has 0 aliphatic carbocycles. The van der Waals surface area contributed by atoms with Crippen molar-refractivity contribution in [2.45, 2.75) is 26.9 Å². The zero-order chi connectivity index (χ0) is 15.9. The minimum Gasteiger partial charge on any atom is -0.490 e. The van der Waals surface area contributed by atoms with Crippen molar-refractivity contribution in [3.05, 3.63) is 22.2 Å². The summed E-state index contributed by atoms with van der Waals surface area (Å²) in [4.78, 5) is 0. The summed E-state index contributed by atoms with van der Waals surface area (Å²) in [6, 6.07) is 3.47. The zero-order valence-corrected chi connectivity index (χ0v) is 14.7. The van der Waals surface area contributed by atoms with E-state index < -0.39 is 9.84 Å². The first kappa shape index (κ1) is 18.3. The Morgan fingerprint density at radius 2 is 1.95 bits per heavy atom. The van der Waals surface area contributed by atoms with E-state index in [1.54, 1.807) is 19.1 Å². The summed E-state index contributed by atoms with van der Waals surface area (Å²) < 4.78 is 34.6. The molecular formula is C14H21BrO5S. The Bertz CT molecular complexity index is 557. The quantitative estimate of drug-likeness (QED) is 0.666. The van der Waals surface area contributed by atoms with E-state index in [-0.39, 0.29) is 24.7 Å². The highest BCUT2D eigenvalue weighted by Gasteiger charge is 2.13. The third-order valence-electron chi connectivity index (χ3n) is 2.84. The number of ether oxygens (including phenoxy) is 2. The van der Waals surface area contributed by atoms with Crippen LogP contribution in [0.3, 0.4) is 0 Å². The lowest BCUT2D eigenvalue weighted by Crippen LogP contribution is -2.12. The summed E-state index contributed by atoms with van der Waals surface area (Å²) in [6.07, 6.45) is 0.427. The van der Waals surface area contributed by atoms with Crippen LogP contribution < -0.4 is 9.47 Å². The van der Waals surface area contributed by atoms with Gasteiger partial charge in [-0.2, -0.15) is 0 Å². The molecule has 0 aliphatic heterocycles. The topological polar surface area (TPSA) is 72.8 Å². The van der Waals surface area contributed by atoms with Crippen molar-refractivity contribution >= 4 is 25.8 Å². The van der Waals surface area contributed by atoms with Gasteiger partial charge in [0, 0.05) is 5.75 Å². The molecule has 0 radical (unpaired) electrons. The van der Waals surface area contributed by atoms with Crippen molar-refractivity contribution in [1.82, 2.24) is 0 Å². The number of benzene rings is 1. The van der Waals surface area contributed by atoms with Crippen molar-refractivity contribution in [1.29, 1.82) is 0 Å². The third-order valence-corrected chi connectivity index (χ3v) is 5.22. The van der Waals surface area contributed by atoms with Gasteiger partial charge in [0.2, 0.25) is 0 Å². The van der Waals surface area contributed by atoms with Crippen LogP contribution in [-0.2, 0) is 16.4 Å². The lowest BCUT2D eigenvalue weighted by atomic mass is 10.2. The van der Waals surface area contributed by atoms with E-state index in [1.807, 2.05) is 6.92 Å². The Morgan fingerprint density at radius 3 is 2.52 bits per heavy atom. The van der Waals surface area contributed by atoms with Crippen LogP contribution in [0.4, 0.5) is 0 Å². The van der Waals surface area contributed by atoms with Gasteiger partial charge in [0.25, 0.3) is 0 Å². The highest BCUT2D eigenvalue weighted by molar-refractivity contribution is 9.10. The molecule has 21 heavy (non-hydrogen) atoms. The van der Waals surface area contributed by atoms with Crippen LogP contribution in [0, 0.1) is 0 Å². The number of rotatable bonds is 9. The molecule has 0 saturated heterocycles. The fraction of sp³-hybridized carbons (Fsp3) is 0.571. The first-order chi connectivity index (χ1) is 9.93. The number of aliphatic hydroxyl groups excluding tert-OH is 1. The second-order valence-electron chi connectivity index (χ2n) is 4.43. The third kappa shape index (κ3) is 5.84. The second kappa shape index (κ2) is 8.60. The molecule has 0 bridgehead atoms. The van der Waals surface area contributed by atoms with Gasteiger partial charge in [0.05, 0.1) is 30.0 Å². The molecule has 0 atom stereocenters. The molecule has 0 spiro atoms. The van der Waals surface area contributed by atoms with Gasteiger partial charge in [0.1, 0.15) is 9.84 Å². The van der Waals surface area contributed by atoms with Gasteiger partial charge in [-0.25, -0.2) is 8.42 Å². The Labute approximate surface area is 134 Å². The van der Waals surface area contributed by atoms with Crippen LogP contribution in [0.5, 0.6) is 11.5 Å². The molecule has 0 heterocycles. The zero-order valence-electron chi connectivity index (χ0n) is 12.3. The average Bonchev–Trinajstić information content (AvgIpc) is 2.45. The van der Waals surface area contributed by atoms with E-state index in [9.17, 15) is 13.5 Å². The maximum atomic E-state index is 11.4. The fourth-order valence-electron chi connectivity index (χ4n) is 1.71. The fourth-order valence-corrected chi connectivity index (χ4v) is 3.16. The molecule has 5 nitrogen and oxygen atoms in total. The van der Waals surface area contributed by atoms with Gasteiger partial charge in [-0.1, -0.05) is 6.92 Å². The first-order valence-corrected chi connectivity index (χ1v) is 9.44. The smallest absolute Gasteiger partial charge is 0.175 e. The van der Waals surface area contributed by atoms with Crippen molar-refractivity contribution in [3.8, 4) is 11.5 Å². The van der Waals surface area contributed by atoms with E-state index in [4.69, 9.17) is 9.47 Å². The second-order valence-corrected chi connectivity index (χ2v) is 7.76. The highest BCUT2D eigenvalue weighted by atomic mass is 79.9. The molecule has 120 valence electrons. The highest BCUT2D eigenvalue weighted by Crippen LogP contribution is 2.37. The Morgan fingerprint density at radius 1 is 1.24 bits per heavy atom. The first-order valence-electron chi connectivity index (χ1n) is 6.82. The lowest BCUT2D eigenvalue weighted by molar-refractivity contribution is 0.267. The molecule has 1 aromatic carbocycles. The minimum atomic E-state index is -2.97. The van der Waals surface area contributed by atoms with Crippen LogP contribution in [0.25, 0.3) is 0 Å². The lowest BCUT2D eigenvalue weighted by Gasteiger charge is -2.15. The maximum Gasteiger partial charge on any atom is 0.175 e. The summed E-state index contributed by atoms with van der Waals surface area (Å²) in [7, 11) is -2.97. The van der Waals surface area contributed by atoms with Gasteiger partial charge in [0.15, 0.2) is 11.5 Å². The summed E-state index contributed by atoms with van der Waals surface area (Å²) >= 11 is 3.38. The largest absolute Gasteiger partial charge is 0.490 e. The predicted octanol–water partition coefficient (Wildman–Crippen LogP) is 2.54. The van der Waals surface area contributed by atoms with Crippen LogP contribution in [-0.4, -0.2) is 38.2 Å². The minimum absolute atomic E-state index is 0.0896.